The lowest BCUT2D eigenvalue weighted by atomic mass is 9.62. The minimum absolute atomic E-state index is 0.532. The Morgan fingerprint density at radius 3 is 1.98 bits per heavy atom. The third-order valence-electron chi connectivity index (χ3n) is 11.6. The van der Waals surface area contributed by atoms with Crippen molar-refractivity contribution in [2.24, 2.45) is 0 Å². The van der Waals surface area contributed by atoms with E-state index >= 15 is 0 Å². The second-order valence-corrected chi connectivity index (χ2v) is 14.8. The van der Waals surface area contributed by atoms with Gasteiger partial charge in [0.1, 0.15) is 5.82 Å². The summed E-state index contributed by atoms with van der Waals surface area (Å²) in [7, 11) is 0. The number of imidazole rings is 1. The Morgan fingerprint density at radius 1 is 0.600 bits per heavy atom. The molecule has 55 heavy (non-hydrogen) atoms. The van der Waals surface area contributed by atoms with Crippen LogP contribution in [0.2, 0.25) is 0 Å². The first-order chi connectivity index (χ1) is 27.1. The van der Waals surface area contributed by atoms with E-state index in [1.54, 1.807) is 0 Å². The molecule has 0 radical (unpaired) electrons. The van der Waals surface area contributed by atoms with Gasteiger partial charge in [-0.3, -0.25) is 4.57 Å². The van der Waals surface area contributed by atoms with E-state index in [0.29, 0.717) is 0 Å². The van der Waals surface area contributed by atoms with E-state index < -0.39 is 5.41 Å². The van der Waals surface area contributed by atoms with Gasteiger partial charge in [-0.2, -0.15) is 0 Å². The molecule has 1 aliphatic rings. The van der Waals surface area contributed by atoms with Crippen molar-refractivity contribution in [1.82, 2.24) is 14.1 Å². The number of aryl methyl sites for hydroxylation is 2. The normalized spacial score (nSPS) is 13.6. The van der Waals surface area contributed by atoms with Gasteiger partial charge in [-0.05, 0) is 91.4 Å². The molecule has 0 unspecified atom stereocenters. The number of para-hydroxylation sites is 5. The highest BCUT2D eigenvalue weighted by atomic mass is 15.1. The van der Waals surface area contributed by atoms with Gasteiger partial charge in [-0.15, -0.1) is 0 Å². The fraction of sp³-hybridized carbons (Fsp3) is 0.0962. The predicted octanol–water partition coefficient (Wildman–Crippen LogP) is 12.6. The van der Waals surface area contributed by atoms with Crippen LogP contribution in [0.25, 0.3) is 49.8 Å². The third-order valence-corrected chi connectivity index (χ3v) is 11.6. The summed E-state index contributed by atoms with van der Waals surface area (Å²) in [4.78, 5) is 5.14. The van der Waals surface area contributed by atoms with Gasteiger partial charge in [-0.25, -0.2) is 4.98 Å². The van der Waals surface area contributed by atoms with Crippen LogP contribution >= 0.6 is 0 Å². The predicted molar refractivity (Wildman–Crippen MR) is 230 cm³/mol. The second kappa shape index (κ2) is 13.0. The lowest BCUT2D eigenvalue weighted by molar-refractivity contribution is 0.725. The topological polar surface area (TPSA) is 22.8 Å². The van der Waals surface area contributed by atoms with Gasteiger partial charge in [0.25, 0.3) is 0 Å². The molecule has 0 fully saturated rings. The number of aromatic nitrogens is 3. The maximum absolute atomic E-state index is 5.14. The minimum atomic E-state index is -0.532. The quantitative estimate of drug-likeness (QED) is 0.151. The van der Waals surface area contributed by atoms with E-state index in [1.165, 1.54) is 66.4 Å². The number of benzene rings is 7. The Morgan fingerprint density at radius 2 is 1.25 bits per heavy atom. The van der Waals surface area contributed by atoms with Crippen molar-refractivity contribution in [2.75, 3.05) is 0 Å². The lowest BCUT2D eigenvalue weighted by Crippen LogP contribution is -2.35. The molecule has 10 rings (SSSR count). The van der Waals surface area contributed by atoms with Crippen LogP contribution < -0.4 is 0 Å². The zero-order chi connectivity index (χ0) is 37.1. The van der Waals surface area contributed by atoms with Crippen LogP contribution in [-0.2, 0) is 11.8 Å². The molecule has 0 saturated heterocycles. The maximum atomic E-state index is 5.14. The first-order valence-electron chi connectivity index (χ1n) is 19.2. The van der Waals surface area contributed by atoms with Crippen LogP contribution in [0.3, 0.4) is 0 Å². The van der Waals surface area contributed by atoms with Crippen molar-refractivity contribution < 1.29 is 0 Å². The standard InChI is InChI=1S/C52H41N3/c1-4-38(51-53-46-21-9-11-23-49(46)54(51)41-16-6-5-7-17-41)15-12-14-37-28-33-48-45(34-37)52(39-29-24-35(2)25-30-39,40-31-26-36(3)27-32-40)44-20-13-19-43-42-18-8-10-22-47(42)55(48)50(43)44/h4-13,15-34H,14H2,1-3H3/b15-12-,38-4+. The molecule has 9 aromatic rings. The van der Waals surface area contributed by atoms with E-state index in [4.69, 9.17) is 4.98 Å². The molecule has 264 valence electrons. The van der Waals surface area contributed by atoms with E-state index in [0.717, 1.165) is 34.5 Å². The van der Waals surface area contributed by atoms with Crippen LogP contribution in [0, 0.1) is 13.8 Å². The molecule has 7 aromatic carbocycles. The van der Waals surface area contributed by atoms with Crippen molar-refractivity contribution in [1.29, 1.82) is 0 Å². The fourth-order valence-corrected chi connectivity index (χ4v) is 9.00. The Hall–Kier alpha value is -6.71. The summed E-state index contributed by atoms with van der Waals surface area (Å²) < 4.78 is 4.78. The molecular weight excluding hydrogens is 667 g/mol. The lowest BCUT2D eigenvalue weighted by Gasteiger charge is -2.42. The molecule has 3 heteroatoms. The molecule has 1 aliphatic heterocycles. The Labute approximate surface area is 322 Å². The second-order valence-electron chi connectivity index (χ2n) is 14.8. The molecule has 0 atom stereocenters. The number of allylic oxidation sites excluding steroid dienone is 4. The number of hydrogen-bond donors (Lipinski definition) is 0. The summed E-state index contributed by atoms with van der Waals surface area (Å²) in [6, 6.07) is 60.3. The van der Waals surface area contributed by atoms with Crippen molar-refractivity contribution >= 4 is 38.4 Å². The van der Waals surface area contributed by atoms with Gasteiger partial charge in [0.15, 0.2) is 0 Å². The monoisotopic (exact) mass is 707 g/mol. The number of fused-ring (bicyclic) bond motifs is 6. The van der Waals surface area contributed by atoms with E-state index in [1.807, 2.05) is 0 Å². The zero-order valence-electron chi connectivity index (χ0n) is 31.4. The highest BCUT2D eigenvalue weighted by Crippen LogP contribution is 2.54. The molecule has 0 spiro atoms. The highest BCUT2D eigenvalue weighted by molar-refractivity contribution is 6.12. The van der Waals surface area contributed by atoms with Crippen LogP contribution in [0.4, 0.5) is 0 Å². The summed E-state index contributed by atoms with van der Waals surface area (Å²) in [5.41, 5.74) is 16.4. The highest BCUT2D eigenvalue weighted by Gasteiger charge is 2.45. The van der Waals surface area contributed by atoms with E-state index in [-0.39, 0.29) is 0 Å². The molecule has 0 amide bonds. The maximum Gasteiger partial charge on any atom is 0.145 e. The molecule has 3 nitrogen and oxygen atoms in total. The molecule has 0 N–H and O–H groups in total. The van der Waals surface area contributed by atoms with Crippen LogP contribution in [0.15, 0.2) is 182 Å². The first kappa shape index (κ1) is 32.9. The third kappa shape index (κ3) is 5.07. The number of nitrogens with zero attached hydrogens (tertiary/aromatic N) is 3. The SMILES string of the molecule is C/C=C(\C=C/Cc1ccc2c(c1)C(c1ccc(C)cc1)(c1ccc(C)cc1)c1cccc3c4ccccc4n-2c13)c1nc2ccccc2n1-c1ccccc1. The van der Waals surface area contributed by atoms with Gasteiger partial charge in [0.2, 0.25) is 0 Å². The van der Waals surface area contributed by atoms with Crippen LogP contribution in [0.1, 0.15) is 51.7 Å². The number of rotatable bonds is 7. The molecule has 0 aliphatic carbocycles. The van der Waals surface area contributed by atoms with Crippen LogP contribution in [0.5, 0.6) is 0 Å². The van der Waals surface area contributed by atoms with E-state index in [2.05, 4.69) is 212 Å². The van der Waals surface area contributed by atoms with E-state index in [9.17, 15) is 0 Å². The summed E-state index contributed by atoms with van der Waals surface area (Å²) in [5, 5.41) is 2.57. The number of hydrogen-bond acceptors (Lipinski definition) is 1. The van der Waals surface area contributed by atoms with Crippen molar-refractivity contribution in [3.8, 4) is 11.4 Å². The Bertz CT molecular complexity index is 2910. The summed E-state index contributed by atoms with van der Waals surface area (Å²) >= 11 is 0. The van der Waals surface area contributed by atoms with Crippen LogP contribution in [-0.4, -0.2) is 14.1 Å². The summed E-state index contributed by atoms with van der Waals surface area (Å²) in [5.74, 6) is 0.939. The van der Waals surface area contributed by atoms with Gasteiger partial charge < -0.3 is 4.57 Å². The smallest absolute Gasteiger partial charge is 0.145 e. The summed E-state index contributed by atoms with van der Waals surface area (Å²) in [6.07, 6.45) is 7.48. The average Bonchev–Trinajstić information content (AvgIpc) is 3.78. The zero-order valence-corrected chi connectivity index (χ0v) is 31.4. The van der Waals surface area contributed by atoms with Gasteiger partial charge in [0, 0.05) is 22.0 Å². The van der Waals surface area contributed by atoms with Crippen molar-refractivity contribution in [3.05, 3.63) is 227 Å². The largest absolute Gasteiger partial charge is 0.309 e. The van der Waals surface area contributed by atoms with Gasteiger partial charge in [0.05, 0.1) is 33.2 Å². The summed E-state index contributed by atoms with van der Waals surface area (Å²) in [6.45, 7) is 6.45. The molecule has 2 aromatic heterocycles. The fourth-order valence-electron chi connectivity index (χ4n) is 9.00. The molecular formula is C52H41N3. The average molecular weight is 708 g/mol. The molecule has 3 heterocycles. The molecule has 0 saturated carbocycles. The first-order valence-corrected chi connectivity index (χ1v) is 19.2. The van der Waals surface area contributed by atoms with Crippen molar-refractivity contribution in [3.63, 3.8) is 0 Å². The van der Waals surface area contributed by atoms with Gasteiger partial charge >= 0.3 is 0 Å². The molecule has 0 bridgehead atoms. The minimum Gasteiger partial charge on any atom is -0.309 e. The Kier molecular flexibility index (Phi) is 7.78. The van der Waals surface area contributed by atoms with Gasteiger partial charge in [-0.1, -0.05) is 157 Å². The Balaban J connectivity index is 1.16. The van der Waals surface area contributed by atoms with Crippen molar-refractivity contribution in [2.45, 2.75) is 32.6 Å².